The molecular formula is C9H9BrN4. The predicted molar refractivity (Wildman–Crippen MR) is 57.8 cm³/mol. The van der Waals surface area contributed by atoms with Crippen molar-refractivity contribution < 1.29 is 0 Å². The summed E-state index contributed by atoms with van der Waals surface area (Å²) in [6.45, 7) is 1.44. The van der Waals surface area contributed by atoms with Gasteiger partial charge in [-0.3, -0.25) is 0 Å². The van der Waals surface area contributed by atoms with Crippen LogP contribution in [-0.4, -0.2) is 13.1 Å². The molecule has 1 aliphatic rings. The fraction of sp³-hybridized carbons (Fsp3) is 0.333. The van der Waals surface area contributed by atoms with Crippen molar-refractivity contribution in [2.75, 3.05) is 13.1 Å². The van der Waals surface area contributed by atoms with Gasteiger partial charge in [0.1, 0.15) is 0 Å². The van der Waals surface area contributed by atoms with E-state index in [1.165, 1.54) is 0 Å². The third kappa shape index (κ3) is 1.50. The fourth-order valence-electron chi connectivity index (χ4n) is 1.54. The molecule has 0 bridgehead atoms. The summed E-state index contributed by atoms with van der Waals surface area (Å²) in [5, 5.41) is 6.99. The van der Waals surface area contributed by atoms with Crippen LogP contribution in [0.15, 0.2) is 33.9 Å². The molecule has 0 amide bonds. The summed E-state index contributed by atoms with van der Waals surface area (Å²) >= 11 is 3.37. The van der Waals surface area contributed by atoms with Gasteiger partial charge in [0.05, 0.1) is 5.54 Å². The molecule has 0 spiro atoms. The first-order chi connectivity index (χ1) is 6.77. The Kier molecular flexibility index (Phi) is 2.46. The third-order valence-electron chi connectivity index (χ3n) is 2.45. The molecule has 14 heavy (non-hydrogen) atoms. The molecule has 1 aromatic carbocycles. The van der Waals surface area contributed by atoms with Crippen molar-refractivity contribution in [2.24, 2.45) is 5.11 Å². The second-order valence-corrected chi connectivity index (χ2v) is 4.25. The Balaban J connectivity index is 2.36. The molecule has 5 heteroatoms. The standard InChI is InChI=1S/C9H9BrN4/c10-8-3-1-7(2-4-8)9(13-14-11)5-12-6-9/h1-4,12H,5-6H2. The normalized spacial score (nSPS) is 18.1. The first kappa shape index (κ1) is 9.52. The molecule has 0 aromatic heterocycles. The van der Waals surface area contributed by atoms with Crippen LogP contribution in [0.5, 0.6) is 0 Å². The van der Waals surface area contributed by atoms with Gasteiger partial charge in [0.25, 0.3) is 0 Å². The molecule has 0 unspecified atom stereocenters. The summed E-state index contributed by atoms with van der Waals surface area (Å²) in [6.07, 6.45) is 0. The van der Waals surface area contributed by atoms with Crippen LogP contribution in [0, 0.1) is 0 Å². The maximum absolute atomic E-state index is 8.50. The monoisotopic (exact) mass is 252 g/mol. The molecular weight excluding hydrogens is 244 g/mol. The van der Waals surface area contributed by atoms with E-state index >= 15 is 0 Å². The van der Waals surface area contributed by atoms with Gasteiger partial charge in [-0.2, -0.15) is 0 Å². The molecule has 1 aromatic rings. The van der Waals surface area contributed by atoms with E-state index in [-0.39, 0.29) is 5.54 Å². The maximum Gasteiger partial charge on any atom is 0.0985 e. The minimum atomic E-state index is -0.366. The summed E-state index contributed by atoms with van der Waals surface area (Å²) in [6, 6.07) is 7.89. The van der Waals surface area contributed by atoms with Crippen molar-refractivity contribution in [3.8, 4) is 0 Å². The SMILES string of the molecule is [N-]=[N+]=NC1(c2ccc(Br)cc2)CNC1. The number of nitrogens with zero attached hydrogens (tertiary/aromatic N) is 3. The zero-order valence-electron chi connectivity index (χ0n) is 7.44. The van der Waals surface area contributed by atoms with Crippen LogP contribution >= 0.6 is 15.9 Å². The Labute approximate surface area is 90.1 Å². The van der Waals surface area contributed by atoms with Crippen LogP contribution in [0.1, 0.15) is 5.56 Å². The van der Waals surface area contributed by atoms with Crippen molar-refractivity contribution >= 4 is 15.9 Å². The summed E-state index contributed by atoms with van der Waals surface area (Å²) < 4.78 is 1.03. The van der Waals surface area contributed by atoms with Crippen molar-refractivity contribution in [1.82, 2.24) is 5.32 Å². The van der Waals surface area contributed by atoms with Crippen molar-refractivity contribution in [2.45, 2.75) is 5.54 Å². The molecule has 1 N–H and O–H groups in total. The van der Waals surface area contributed by atoms with E-state index in [0.717, 1.165) is 23.1 Å². The first-order valence-corrected chi connectivity index (χ1v) is 5.09. The lowest BCUT2D eigenvalue weighted by Gasteiger charge is -2.38. The molecule has 4 nitrogen and oxygen atoms in total. The minimum Gasteiger partial charge on any atom is -0.315 e. The largest absolute Gasteiger partial charge is 0.315 e. The van der Waals surface area contributed by atoms with Crippen LogP contribution in [0.2, 0.25) is 0 Å². The average Bonchev–Trinajstić information content (AvgIpc) is 2.13. The number of benzene rings is 1. The Bertz CT molecular complexity index is 376. The van der Waals surface area contributed by atoms with Gasteiger partial charge in [-0.1, -0.05) is 33.2 Å². The summed E-state index contributed by atoms with van der Waals surface area (Å²) in [5.41, 5.74) is 9.21. The van der Waals surface area contributed by atoms with Gasteiger partial charge < -0.3 is 5.32 Å². The number of hydrogen-bond donors (Lipinski definition) is 1. The molecule has 1 aliphatic heterocycles. The molecule has 1 heterocycles. The van der Waals surface area contributed by atoms with Crippen LogP contribution in [-0.2, 0) is 5.54 Å². The Morgan fingerprint density at radius 3 is 2.43 bits per heavy atom. The van der Waals surface area contributed by atoms with Crippen molar-refractivity contribution in [3.05, 3.63) is 44.7 Å². The molecule has 0 radical (unpaired) electrons. The van der Waals surface area contributed by atoms with Crippen molar-refractivity contribution in [1.29, 1.82) is 0 Å². The molecule has 1 fully saturated rings. The van der Waals surface area contributed by atoms with Gasteiger partial charge >= 0.3 is 0 Å². The van der Waals surface area contributed by atoms with Gasteiger partial charge in [0, 0.05) is 22.5 Å². The quantitative estimate of drug-likeness (QED) is 0.491. The average molecular weight is 253 g/mol. The Morgan fingerprint density at radius 1 is 1.36 bits per heavy atom. The summed E-state index contributed by atoms with van der Waals surface area (Å²) in [7, 11) is 0. The summed E-state index contributed by atoms with van der Waals surface area (Å²) in [4.78, 5) is 2.90. The fourth-order valence-corrected chi connectivity index (χ4v) is 1.80. The lowest BCUT2D eigenvalue weighted by atomic mass is 9.85. The number of rotatable bonds is 2. The number of halogens is 1. The smallest absolute Gasteiger partial charge is 0.0985 e. The molecule has 0 saturated carbocycles. The highest BCUT2D eigenvalue weighted by Gasteiger charge is 2.37. The Hall–Kier alpha value is -1.03. The predicted octanol–water partition coefficient (Wildman–Crippen LogP) is 2.56. The summed E-state index contributed by atoms with van der Waals surface area (Å²) in [5.74, 6) is 0. The van der Waals surface area contributed by atoms with E-state index in [1.807, 2.05) is 24.3 Å². The maximum atomic E-state index is 8.50. The van der Waals surface area contributed by atoms with Crippen LogP contribution in [0.3, 0.4) is 0 Å². The molecule has 2 rings (SSSR count). The van der Waals surface area contributed by atoms with Crippen LogP contribution in [0.25, 0.3) is 10.4 Å². The zero-order chi connectivity index (χ0) is 10.0. The van der Waals surface area contributed by atoms with E-state index < -0.39 is 0 Å². The third-order valence-corrected chi connectivity index (χ3v) is 2.98. The van der Waals surface area contributed by atoms with E-state index in [2.05, 4.69) is 31.3 Å². The zero-order valence-corrected chi connectivity index (χ0v) is 9.03. The highest BCUT2D eigenvalue weighted by Crippen LogP contribution is 2.30. The lowest BCUT2D eigenvalue weighted by Crippen LogP contribution is -2.55. The second kappa shape index (κ2) is 3.61. The van der Waals surface area contributed by atoms with Gasteiger partial charge in [-0.05, 0) is 23.2 Å². The van der Waals surface area contributed by atoms with Crippen LogP contribution < -0.4 is 5.32 Å². The minimum absolute atomic E-state index is 0.366. The lowest BCUT2D eigenvalue weighted by molar-refractivity contribution is 0.286. The topological polar surface area (TPSA) is 60.8 Å². The van der Waals surface area contributed by atoms with Crippen molar-refractivity contribution in [3.63, 3.8) is 0 Å². The van der Waals surface area contributed by atoms with Gasteiger partial charge in [0.15, 0.2) is 0 Å². The number of azide groups is 1. The highest BCUT2D eigenvalue weighted by molar-refractivity contribution is 9.10. The second-order valence-electron chi connectivity index (χ2n) is 3.33. The van der Waals surface area contributed by atoms with Gasteiger partial charge in [0.2, 0.25) is 0 Å². The Morgan fingerprint density at radius 2 is 2.00 bits per heavy atom. The van der Waals surface area contributed by atoms with E-state index in [4.69, 9.17) is 5.53 Å². The van der Waals surface area contributed by atoms with Gasteiger partial charge in [-0.25, -0.2) is 0 Å². The highest BCUT2D eigenvalue weighted by atomic mass is 79.9. The number of nitrogens with one attached hydrogen (secondary N) is 1. The van der Waals surface area contributed by atoms with Crippen LogP contribution in [0.4, 0.5) is 0 Å². The molecule has 0 atom stereocenters. The van der Waals surface area contributed by atoms with E-state index in [1.54, 1.807) is 0 Å². The van der Waals surface area contributed by atoms with E-state index in [0.29, 0.717) is 0 Å². The van der Waals surface area contributed by atoms with Gasteiger partial charge in [-0.15, -0.1) is 0 Å². The molecule has 1 saturated heterocycles. The van der Waals surface area contributed by atoms with E-state index in [9.17, 15) is 0 Å². The first-order valence-electron chi connectivity index (χ1n) is 4.30. The molecule has 0 aliphatic carbocycles. The molecule has 72 valence electrons. The number of hydrogen-bond acceptors (Lipinski definition) is 2.